The van der Waals surface area contributed by atoms with Gasteiger partial charge in [0.25, 0.3) is 11.6 Å². The van der Waals surface area contributed by atoms with Crippen LogP contribution in [0.25, 0.3) is 11.0 Å². The summed E-state index contributed by atoms with van der Waals surface area (Å²) in [6, 6.07) is 4.67. The van der Waals surface area contributed by atoms with Gasteiger partial charge < -0.3 is 5.32 Å². The van der Waals surface area contributed by atoms with E-state index < -0.39 is 23.7 Å². The van der Waals surface area contributed by atoms with Crippen molar-refractivity contribution in [3.63, 3.8) is 0 Å². The van der Waals surface area contributed by atoms with Gasteiger partial charge in [-0.25, -0.2) is 4.98 Å². The molecule has 0 aliphatic carbocycles. The van der Waals surface area contributed by atoms with E-state index in [0.717, 1.165) is 0 Å². The van der Waals surface area contributed by atoms with Crippen molar-refractivity contribution in [1.82, 2.24) is 14.9 Å². The van der Waals surface area contributed by atoms with Gasteiger partial charge in [-0.3, -0.25) is 19.5 Å². The topological polar surface area (TPSA) is 76.0 Å². The molecule has 1 unspecified atom stereocenters. The second kappa shape index (κ2) is 5.08. The summed E-state index contributed by atoms with van der Waals surface area (Å²) in [4.78, 5) is 27.9. The highest BCUT2D eigenvalue weighted by Crippen LogP contribution is 2.44. The summed E-state index contributed by atoms with van der Waals surface area (Å²) in [5.41, 5.74) is -2.77. The quantitative estimate of drug-likeness (QED) is 0.708. The molecule has 1 aromatic carbocycles. The van der Waals surface area contributed by atoms with Crippen LogP contribution in [-0.4, -0.2) is 27.5 Å². The van der Waals surface area contributed by atoms with Gasteiger partial charge in [0.1, 0.15) is 5.52 Å². The van der Waals surface area contributed by atoms with Crippen LogP contribution in [0, 0.1) is 3.57 Å². The van der Waals surface area contributed by atoms with E-state index in [1.807, 2.05) is 27.9 Å². The number of nitrogens with zero attached hydrogens (tertiary/aromatic N) is 2. The molecule has 1 aliphatic rings. The molecule has 0 fully saturated rings. The van der Waals surface area contributed by atoms with Crippen LogP contribution >= 0.6 is 22.6 Å². The molecule has 1 aromatic heterocycles. The van der Waals surface area contributed by atoms with Crippen molar-refractivity contribution in [1.29, 1.82) is 0 Å². The maximum absolute atomic E-state index is 13.8. The van der Waals surface area contributed by atoms with Crippen LogP contribution in [-0.2, 0) is 15.3 Å². The highest BCUT2D eigenvalue weighted by Gasteiger charge is 2.67. The highest BCUT2D eigenvalue weighted by atomic mass is 127. The van der Waals surface area contributed by atoms with Crippen LogP contribution in [0.1, 0.15) is 13.3 Å². The predicted molar refractivity (Wildman–Crippen MR) is 83.5 cm³/mol. The third-order valence-corrected chi connectivity index (χ3v) is 4.45. The molecule has 2 N–H and O–H groups in total. The number of halogens is 4. The number of para-hydroxylation sites is 1. The first-order chi connectivity index (χ1) is 10.7. The number of hydrogen-bond acceptors (Lipinski definition) is 3. The van der Waals surface area contributed by atoms with Gasteiger partial charge in [0.2, 0.25) is 11.9 Å². The lowest BCUT2D eigenvalue weighted by Gasteiger charge is -2.31. The van der Waals surface area contributed by atoms with E-state index in [1.54, 1.807) is 12.1 Å². The molecule has 0 saturated carbocycles. The average Bonchev–Trinajstić information content (AvgIpc) is 2.95. The molecule has 6 nitrogen and oxygen atoms in total. The lowest BCUT2D eigenvalue weighted by atomic mass is 10.1. The molecule has 0 radical (unpaired) electrons. The fourth-order valence-corrected chi connectivity index (χ4v) is 3.12. The number of benzene rings is 1. The van der Waals surface area contributed by atoms with Crippen molar-refractivity contribution in [3.05, 3.63) is 21.8 Å². The van der Waals surface area contributed by atoms with Gasteiger partial charge in [0.15, 0.2) is 0 Å². The Bertz CT molecular complexity index is 832. The fraction of sp³-hybridized carbons (Fsp3) is 0.308. The maximum atomic E-state index is 13.8. The van der Waals surface area contributed by atoms with E-state index in [0.29, 0.717) is 13.7 Å². The molecule has 0 saturated heterocycles. The molecule has 23 heavy (non-hydrogen) atoms. The minimum atomic E-state index is -5.04. The number of anilines is 1. The molecule has 0 bridgehead atoms. The number of imidazole rings is 1. The van der Waals surface area contributed by atoms with Gasteiger partial charge in [-0.1, -0.05) is 13.0 Å². The van der Waals surface area contributed by atoms with E-state index in [9.17, 15) is 22.8 Å². The molecule has 122 valence electrons. The van der Waals surface area contributed by atoms with Gasteiger partial charge in [-0.2, -0.15) is 13.2 Å². The van der Waals surface area contributed by atoms with Crippen molar-refractivity contribution < 1.29 is 22.8 Å². The Kier molecular flexibility index (Phi) is 3.54. The predicted octanol–water partition coefficient (Wildman–Crippen LogP) is 2.33. The summed E-state index contributed by atoms with van der Waals surface area (Å²) in [7, 11) is 0. The summed E-state index contributed by atoms with van der Waals surface area (Å²) < 4.78 is 42.8. The van der Waals surface area contributed by atoms with Crippen molar-refractivity contribution >= 4 is 51.4 Å². The van der Waals surface area contributed by atoms with Crippen molar-refractivity contribution in [2.24, 2.45) is 0 Å². The summed E-state index contributed by atoms with van der Waals surface area (Å²) in [5.74, 6) is -2.52. The number of aromatic nitrogens is 2. The summed E-state index contributed by atoms with van der Waals surface area (Å²) in [6.07, 6.45) is -5.23. The number of carbonyl (C=O) groups excluding carboxylic acids is 2. The number of rotatable bonds is 2. The van der Waals surface area contributed by atoms with Gasteiger partial charge in [0, 0.05) is 9.99 Å². The second-order valence-electron chi connectivity index (χ2n) is 4.94. The molecular formula is C13H10F3IN4O2. The van der Waals surface area contributed by atoms with Gasteiger partial charge in [0.05, 0.1) is 5.52 Å². The fourth-order valence-electron chi connectivity index (χ4n) is 2.51. The number of alkyl halides is 3. The Morgan fingerprint density at radius 1 is 1.48 bits per heavy atom. The first-order valence-corrected chi connectivity index (χ1v) is 7.67. The molecule has 3 rings (SSSR count). The first kappa shape index (κ1) is 16.0. The van der Waals surface area contributed by atoms with Gasteiger partial charge >= 0.3 is 6.18 Å². The minimum Gasteiger partial charge on any atom is -0.317 e. The molecule has 1 aliphatic heterocycles. The monoisotopic (exact) mass is 438 g/mol. The molecule has 10 heteroatoms. The SMILES string of the molecule is CCC(=O)NC1(C(F)(F)F)C(=O)Nc2nc3c(I)cccc3n21. The molecule has 0 spiro atoms. The average molecular weight is 438 g/mol. The highest BCUT2D eigenvalue weighted by molar-refractivity contribution is 14.1. The Morgan fingerprint density at radius 2 is 2.17 bits per heavy atom. The largest absolute Gasteiger partial charge is 0.440 e. The van der Waals surface area contributed by atoms with Crippen molar-refractivity contribution in [3.8, 4) is 0 Å². The minimum absolute atomic E-state index is 0.110. The lowest BCUT2D eigenvalue weighted by Crippen LogP contribution is -2.63. The van der Waals surface area contributed by atoms with Crippen LogP contribution in [0.5, 0.6) is 0 Å². The summed E-state index contributed by atoms with van der Waals surface area (Å²) >= 11 is 1.94. The third-order valence-electron chi connectivity index (χ3n) is 3.58. The zero-order valence-electron chi connectivity index (χ0n) is 11.7. The van der Waals surface area contributed by atoms with E-state index in [1.165, 1.54) is 13.0 Å². The Hall–Kier alpha value is -1.85. The Labute approximate surface area is 141 Å². The van der Waals surface area contributed by atoms with E-state index in [-0.39, 0.29) is 17.9 Å². The normalized spacial score (nSPS) is 20.5. The molecule has 1 atom stereocenters. The smallest absolute Gasteiger partial charge is 0.317 e. The van der Waals surface area contributed by atoms with Crippen LogP contribution in [0.15, 0.2) is 18.2 Å². The lowest BCUT2D eigenvalue weighted by molar-refractivity contribution is -0.217. The number of hydrogen-bond donors (Lipinski definition) is 2. The number of nitrogens with one attached hydrogen (secondary N) is 2. The third kappa shape index (κ3) is 2.11. The van der Waals surface area contributed by atoms with Gasteiger partial charge in [-0.15, -0.1) is 0 Å². The van der Waals surface area contributed by atoms with Crippen molar-refractivity contribution in [2.45, 2.75) is 25.2 Å². The van der Waals surface area contributed by atoms with Crippen LogP contribution in [0.4, 0.5) is 19.1 Å². The standard InChI is InChI=1S/C13H10F3IN4O2/c1-2-8(22)20-12(13(14,15)16)10(23)19-11-18-9-6(17)4-3-5-7(9)21(11)12/h3-5H,2H2,1H3,(H,20,22)(H,18,19,23). The molecule has 2 amide bonds. The maximum Gasteiger partial charge on any atom is 0.440 e. The Morgan fingerprint density at radius 3 is 2.78 bits per heavy atom. The number of carbonyl (C=O) groups is 2. The van der Waals surface area contributed by atoms with Crippen molar-refractivity contribution in [2.75, 3.05) is 5.32 Å². The van der Waals surface area contributed by atoms with E-state index >= 15 is 0 Å². The summed E-state index contributed by atoms with van der Waals surface area (Å²) in [5, 5.41) is 3.95. The first-order valence-electron chi connectivity index (χ1n) is 6.59. The van der Waals surface area contributed by atoms with E-state index in [2.05, 4.69) is 10.3 Å². The zero-order chi connectivity index (χ0) is 17.0. The zero-order valence-corrected chi connectivity index (χ0v) is 13.8. The summed E-state index contributed by atoms with van der Waals surface area (Å²) in [6.45, 7) is 1.40. The number of amides is 2. The van der Waals surface area contributed by atoms with E-state index in [4.69, 9.17) is 0 Å². The van der Waals surface area contributed by atoms with Crippen LogP contribution in [0.3, 0.4) is 0 Å². The number of fused-ring (bicyclic) bond motifs is 3. The molecule has 2 aromatic rings. The van der Waals surface area contributed by atoms with Crippen LogP contribution < -0.4 is 10.6 Å². The molecule has 2 heterocycles. The second-order valence-corrected chi connectivity index (χ2v) is 6.10. The van der Waals surface area contributed by atoms with Crippen LogP contribution in [0.2, 0.25) is 0 Å². The Balaban J connectivity index is 2.35. The molecular weight excluding hydrogens is 428 g/mol. The van der Waals surface area contributed by atoms with Gasteiger partial charge in [-0.05, 0) is 34.7 Å².